The third-order valence-electron chi connectivity index (χ3n) is 5.69. The molecule has 0 saturated carbocycles. The first-order valence-electron chi connectivity index (χ1n) is 8.60. The number of allylic oxidation sites excluding steroid dienone is 2. The number of hydrogen-bond acceptors (Lipinski definition) is 2. The van der Waals surface area contributed by atoms with Crippen LogP contribution in [-0.2, 0) is 4.74 Å². The van der Waals surface area contributed by atoms with Crippen LogP contribution in [0.3, 0.4) is 0 Å². The minimum absolute atomic E-state index is 0.294. The van der Waals surface area contributed by atoms with Crippen molar-refractivity contribution in [2.45, 2.75) is 58.8 Å². The van der Waals surface area contributed by atoms with Crippen LogP contribution in [-0.4, -0.2) is 24.5 Å². The van der Waals surface area contributed by atoms with Gasteiger partial charge in [-0.15, -0.1) is 0 Å². The SMILES string of the molecule is CC1C=CC2C(C1)N=CC(C)C2OC1CC=CC(C)C1C. The molecule has 0 radical (unpaired) electrons. The van der Waals surface area contributed by atoms with E-state index in [0.29, 0.717) is 47.8 Å². The molecule has 8 unspecified atom stereocenters. The van der Waals surface area contributed by atoms with Gasteiger partial charge in [0.2, 0.25) is 0 Å². The molecule has 2 nitrogen and oxygen atoms in total. The van der Waals surface area contributed by atoms with E-state index in [1.807, 2.05) is 0 Å². The zero-order valence-electron chi connectivity index (χ0n) is 13.8. The molecule has 1 heterocycles. The second-order valence-corrected chi connectivity index (χ2v) is 7.42. The summed E-state index contributed by atoms with van der Waals surface area (Å²) in [6, 6.07) is 0.429. The molecule has 21 heavy (non-hydrogen) atoms. The molecule has 0 aromatic heterocycles. The number of hydrogen-bond donors (Lipinski definition) is 0. The van der Waals surface area contributed by atoms with Gasteiger partial charge in [-0.2, -0.15) is 0 Å². The van der Waals surface area contributed by atoms with Crippen LogP contribution < -0.4 is 0 Å². The molecule has 0 bridgehead atoms. The van der Waals surface area contributed by atoms with Gasteiger partial charge in [-0.3, -0.25) is 4.99 Å². The Morgan fingerprint density at radius 1 is 1.00 bits per heavy atom. The van der Waals surface area contributed by atoms with Gasteiger partial charge in [-0.05, 0) is 30.6 Å². The summed E-state index contributed by atoms with van der Waals surface area (Å²) in [6.45, 7) is 9.17. The summed E-state index contributed by atoms with van der Waals surface area (Å²) in [5.41, 5.74) is 0. The summed E-state index contributed by atoms with van der Waals surface area (Å²) in [5.74, 6) is 2.75. The Bertz CT molecular complexity index is 452. The van der Waals surface area contributed by atoms with Gasteiger partial charge in [0.1, 0.15) is 0 Å². The predicted octanol–water partition coefficient (Wildman–Crippen LogP) is 4.27. The lowest BCUT2D eigenvalue weighted by atomic mass is 9.76. The molecule has 2 heteroatoms. The fourth-order valence-electron chi connectivity index (χ4n) is 3.99. The molecule has 0 spiro atoms. The minimum atomic E-state index is 0.294. The third-order valence-corrected chi connectivity index (χ3v) is 5.69. The molecule has 0 amide bonds. The molecular weight excluding hydrogens is 258 g/mol. The Morgan fingerprint density at radius 3 is 2.62 bits per heavy atom. The number of fused-ring (bicyclic) bond motifs is 1. The lowest BCUT2D eigenvalue weighted by molar-refractivity contribution is -0.0839. The van der Waals surface area contributed by atoms with Gasteiger partial charge in [0, 0.05) is 18.1 Å². The van der Waals surface area contributed by atoms with E-state index in [1.54, 1.807) is 0 Å². The van der Waals surface area contributed by atoms with Gasteiger partial charge in [-0.1, -0.05) is 52.0 Å². The van der Waals surface area contributed by atoms with Gasteiger partial charge in [-0.25, -0.2) is 0 Å². The van der Waals surface area contributed by atoms with Crippen LogP contribution in [0.4, 0.5) is 0 Å². The maximum atomic E-state index is 6.64. The van der Waals surface area contributed by atoms with E-state index in [0.717, 1.165) is 6.42 Å². The van der Waals surface area contributed by atoms with Crippen LogP contribution in [0.25, 0.3) is 0 Å². The van der Waals surface area contributed by atoms with Gasteiger partial charge in [0.05, 0.1) is 18.2 Å². The fraction of sp³-hybridized carbons (Fsp3) is 0.737. The minimum Gasteiger partial charge on any atom is -0.373 e. The maximum Gasteiger partial charge on any atom is 0.0736 e. The quantitative estimate of drug-likeness (QED) is 0.695. The predicted molar refractivity (Wildman–Crippen MR) is 88.6 cm³/mol. The molecule has 8 atom stereocenters. The summed E-state index contributed by atoms with van der Waals surface area (Å²) in [7, 11) is 0. The molecule has 2 aliphatic carbocycles. The van der Waals surface area contributed by atoms with E-state index in [1.165, 1.54) is 6.42 Å². The monoisotopic (exact) mass is 287 g/mol. The van der Waals surface area contributed by atoms with Crippen molar-refractivity contribution in [2.75, 3.05) is 0 Å². The van der Waals surface area contributed by atoms with E-state index in [2.05, 4.69) is 58.2 Å². The van der Waals surface area contributed by atoms with Crippen LogP contribution in [0, 0.1) is 29.6 Å². The highest BCUT2D eigenvalue weighted by atomic mass is 16.5. The zero-order valence-corrected chi connectivity index (χ0v) is 13.8. The van der Waals surface area contributed by atoms with Crippen LogP contribution in [0.1, 0.15) is 40.5 Å². The van der Waals surface area contributed by atoms with Crippen molar-refractivity contribution >= 4 is 6.21 Å². The summed E-state index contributed by atoms with van der Waals surface area (Å²) in [6.07, 6.45) is 14.4. The molecule has 0 aromatic carbocycles. The lowest BCUT2D eigenvalue weighted by Gasteiger charge is -2.42. The molecule has 116 valence electrons. The smallest absolute Gasteiger partial charge is 0.0736 e. The Labute approximate surface area is 129 Å². The summed E-state index contributed by atoms with van der Waals surface area (Å²) < 4.78 is 6.64. The molecule has 0 fully saturated rings. The number of nitrogens with zero attached hydrogens (tertiary/aromatic N) is 1. The Morgan fingerprint density at radius 2 is 1.81 bits per heavy atom. The van der Waals surface area contributed by atoms with Crippen molar-refractivity contribution in [3.05, 3.63) is 24.3 Å². The van der Waals surface area contributed by atoms with Crippen molar-refractivity contribution in [3.8, 4) is 0 Å². The van der Waals surface area contributed by atoms with Gasteiger partial charge < -0.3 is 4.74 Å². The van der Waals surface area contributed by atoms with E-state index < -0.39 is 0 Å². The number of rotatable bonds is 2. The van der Waals surface area contributed by atoms with Gasteiger partial charge in [0.25, 0.3) is 0 Å². The molecule has 0 N–H and O–H groups in total. The highest BCUT2D eigenvalue weighted by Crippen LogP contribution is 2.37. The molecular formula is C19H29NO. The lowest BCUT2D eigenvalue weighted by Crippen LogP contribution is -2.46. The van der Waals surface area contributed by atoms with Crippen molar-refractivity contribution in [2.24, 2.45) is 34.6 Å². The first kappa shape index (κ1) is 15.0. The van der Waals surface area contributed by atoms with Crippen LogP contribution >= 0.6 is 0 Å². The third kappa shape index (κ3) is 3.01. The van der Waals surface area contributed by atoms with Crippen molar-refractivity contribution in [3.63, 3.8) is 0 Å². The van der Waals surface area contributed by atoms with E-state index >= 15 is 0 Å². The Kier molecular flexibility index (Phi) is 4.35. The average molecular weight is 287 g/mol. The normalized spacial score (nSPS) is 49.1. The topological polar surface area (TPSA) is 21.6 Å². The Hall–Kier alpha value is -0.890. The van der Waals surface area contributed by atoms with Gasteiger partial charge in [0.15, 0.2) is 0 Å². The van der Waals surface area contributed by atoms with Crippen molar-refractivity contribution in [1.82, 2.24) is 0 Å². The highest BCUT2D eigenvalue weighted by molar-refractivity contribution is 5.63. The first-order valence-corrected chi connectivity index (χ1v) is 8.60. The van der Waals surface area contributed by atoms with Crippen LogP contribution in [0.15, 0.2) is 29.3 Å². The second kappa shape index (κ2) is 6.08. The molecule has 1 aliphatic heterocycles. The fourth-order valence-corrected chi connectivity index (χ4v) is 3.99. The number of aliphatic imine (C=N–C) groups is 1. The van der Waals surface area contributed by atoms with Crippen molar-refractivity contribution in [1.29, 1.82) is 0 Å². The first-order chi connectivity index (χ1) is 10.1. The summed E-state index contributed by atoms with van der Waals surface area (Å²) >= 11 is 0. The van der Waals surface area contributed by atoms with Crippen LogP contribution in [0.5, 0.6) is 0 Å². The average Bonchev–Trinajstić information content (AvgIpc) is 2.46. The zero-order chi connectivity index (χ0) is 15.0. The van der Waals surface area contributed by atoms with Gasteiger partial charge >= 0.3 is 0 Å². The maximum absolute atomic E-state index is 6.64. The summed E-state index contributed by atoms with van der Waals surface area (Å²) in [5, 5.41) is 0. The standard InChI is InChI=1S/C19H29NO/c1-12-8-9-16-17(10-12)20-11-14(3)19(16)21-18-7-5-6-13(2)15(18)4/h5-6,8-9,11-19H,7,10H2,1-4H3. The molecule has 3 rings (SSSR count). The highest BCUT2D eigenvalue weighted by Gasteiger charge is 2.39. The summed E-state index contributed by atoms with van der Waals surface area (Å²) in [4.78, 5) is 4.79. The van der Waals surface area contributed by atoms with Crippen molar-refractivity contribution < 1.29 is 4.74 Å². The number of ether oxygens (including phenoxy) is 1. The van der Waals surface area contributed by atoms with E-state index in [9.17, 15) is 0 Å². The molecule has 0 saturated heterocycles. The molecule has 0 aromatic rings. The Balaban J connectivity index is 1.75. The molecule has 3 aliphatic rings. The largest absolute Gasteiger partial charge is 0.373 e. The second-order valence-electron chi connectivity index (χ2n) is 7.42. The van der Waals surface area contributed by atoms with E-state index in [-0.39, 0.29) is 0 Å². The van der Waals surface area contributed by atoms with Crippen LogP contribution in [0.2, 0.25) is 0 Å². The van der Waals surface area contributed by atoms with E-state index in [4.69, 9.17) is 9.73 Å².